The van der Waals surface area contributed by atoms with Gasteiger partial charge in [0.25, 0.3) is 0 Å². The van der Waals surface area contributed by atoms with Crippen molar-refractivity contribution in [2.24, 2.45) is 0 Å². The predicted octanol–water partition coefficient (Wildman–Crippen LogP) is 2.68. The summed E-state index contributed by atoms with van der Waals surface area (Å²) in [6, 6.07) is 9.28. The van der Waals surface area contributed by atoms with Gasteiger partial charge in [0.2, 0.25) is 11.7 Å². The molecule has 0 aliphatic heterocycles. The standard InChI is InChI=1S/C20H21NO5S/c1-13(22)21-10-17-7-8-19(27-17)18(23)11-26-20(24)12-25-16-6-5-14-3-2-4-15(14)9-16/h5-9H,2-4,10-12H2,1H3,(H,21,22). The van der Waals surface area contributed by atoms with E-state index in [0.29, 0.717) is 17.2 Å². The molecule has 1 N–H and O–H groups in total. The van der Waals surface area contributed by atoms with Gasteiger partial charge in [-0.15, -0.1) is 11.3 Å². The van der Waals surface area contributed by atoms with Crippen molar-refractivity contribution in [1.82, 2.24) is 5.32 Å². The van der Waals surface area contributed by atoms with Crippen LogP contribution in [0.15, 0.2) is 30.3 Å². The lowest BCUT2D eigenvalue weighted by Gasteiger charge is -2.08. The molecule has 1 amide bonds. The van der Waals surface area contributed by atoms with E-state index in [9.17, 15) is 14.4 Å². The fourth-order valence-corrected chi connectivity index (χ4v) is 3.75. The topological polar surface area (TPSA) is 81.7 Å². The molecule has 6 nitrogen and oxygen atoms in total. The first kappa shape index (κ1) is 19.1. The van der Waals surface area contributed by atoms with Crippen molar-refractivity contribution in [3.63, 3.8) is 0 Å². The smallest absolute Gasteiger partial charge is 0.344 e. The van der Waals surface area contributed by atoms with E-state index in [0.717, 1.165) is 24.1 Å². The lowest BCUT2D eigenvalue weighted by molar-refractivity contribution is -0.144. The first-order valence-corrected chi connectivity index (χ1v) is 9.59. The van der Waals surface area contributed by atoms with E-state index in [1.165, 1.54) is 29.4 Å². The fraction of sp³-hybridized carbons (Fsp3) is 0.350. The van der Waals surface area contributed by atoms with E-state index < -0.39 is 5.97 Å². The van der Waals surface area contributed by atoms with E-state index in [1.54, 1.807) is 12.1 Å². The maximum atomic E-state index is 12.1. The average Bonchev–Trinajstić information content (AvgIpc) is 3.31. The summed E-state index contributed by atoms with van der Waals surface area (Å²) < 4.78 is 10.5. The maximum Gasteiger partial charge on any atom is 0.344 e. The number of ketones is 1. The number of thiophene rings is 1. The van der Waals surface area contributed by atoms with E-state index in [1.807, 2.05) is 18.2 Å². The zero-order valence-electron chi connectivity index (χ0n) is 15.1. The van der Waals surface area contributed by atoms with E-state index in [-0.39, 0.29) is 24.9 Å². The van der Waals surface area contributed by atoms with Crippen LogP contribution in [0.25, 0.3) is 0 Å². The molecule has 0 spiro atoms. The second-order valence-corrected chi connectivity index (χ2v) is 7.50. The highest BCUT2D eigenvalue weighted by Gasteiger charge is 2.14. The summed E-state index contributed by atoms with van der Waals surface area (Å²) in [5.74, 6) is -0.354. The molecule has 142 valence electrons. The molecule has 0 radical (unpaired) electrons. The molecule has 1 aromatic carbocycles. The van der Waals surface area contributed by atoms with Gasteiger partial charge < -0.3 is 14.8 Å². The summed E-state index contributed by atoms with van der Waals surface area (Å²) in [7, 11) is 0. The zero-order chi connectivity index (χ0) is 19.2. The van der Waals surface area contributed by atoms with Crippen LogP contribution in [0.3, 0.4) is 0 Å². The molecule has 0 atom stereocenters. The van der Waals surface area contributed by atoms with Gasteiger partial charge in [-0.25, -0.2) is 4.79 Å². The normalized spacial score (nSPS) is 12.3. The lowest BCUT2D eigenvalue weighted by Crippen LogP contribution is -2.19. The molecular formula is C20H21NO5S. The number of benzene rings is 1. The minimum absolute atomic E-state index is 0.131. The van der Waals surface area contributed by atoms with Gasteiger partial charge >= 0.3 is 5.97 Å². The van der Waals surface area contributed by atoms with Gasteiger partial charge in [0, 0.05) is 11.8 Å². The largest absolute Gasteiger partial charge is 0.482 e. The van der Waals surface area contributed by atoms with Gasteiger partial charge in [-0.2, -0.15) is 0 Å². The SMILES string of the molecule is CC(=O)NCc1ccc(C(=O)COC(=O)COc2ccc3c(c2)CCC3)s1. The molecular weight excluding hydrogens is 366 g/mol. The fourth-order valence-electron chi connectivity index (χ4n) is 2.87. The molecule has 0 unspecified atom stereocenters. The minimum Gasteiger partial charge on any atom is -0.482 e. The third-order valence-electron chi connectivity index (χ3n) is 4.24. The molecule has 3 rings (SSSR count). The van der Waals surface area contributed by atoms with Gasteiger partial charge in [-0.3, -0.25) is 9.59 Å². The molecule has 1 heterocycles. The molecule has 0 bridgehead atoms. The molecule has 0 saturated carbocycles. The van der Waals surface area contributed by atoms with Crippen molar-refractivity contribution in [2.45, 2.75) is 32.7 Å². The van der Waals surface area contributed by atoms with Crippen molar-refractivity contribution in [2.75, 3.05) is 13.2 Å². The molecule has 1 aliphatic carbocycles. The highest BCUT2D eigenvalue weighted by atomic mass is 32.1. The van der Waals surface area contributed by atoms with Crippen LogP contribution in [0, 0.1) is 0 Å². The highest BCUT2D eigenvalue weighted by Crippen LogP contribution is 2.26. The summed E-state index contributed by atoms with van der Waals surface area (Å²) >= 11 is 1.27. The number of aryl methyl sites for hydroxylation is 2. The maximum absolute atomic E-state index is 12.1. The molecule has 7 heteroatoms. The molecule has 2 aromatic rings. The van der Waals surface area contributed by atoms with Crippen LogP contribution in [0.5, 0.6) is 5.75 Å². The number of carbonyl (C=O) groups is 3. The van der Waals surface area contributed by atoms with Gasteiger partial charge in [0.15, 0.2) is 13.2 Å². The highest BCUT2D eigenvalue weighted by molar-refractivity contribution is 7.14. The number of Topliss-reactive ketones (excluding diaryl/α,β-unsaturated/α-hetero) is 1. The van der Waals surface area contributed by atoms with Crippen LogP contribution in [0.1, 0.15) is 39.0 Å². The van der Waals surface area contributed by atoms with Gasteiger partial charge in [-0.1, -0.05) is 6.07 Å². The summed E-state index contributed by atoms with van der Waals surface area (Å²) in [6.07, 6.45) is 3.28. The summed E-state index contributed by atoms with van der Waals surface area (Å²) in [4.78, 5) is 36.2. The Balaban J connectivity index is 1.42. The quantitative estimate of drug-likeness (QED) is 0.556. The number of nitrogens with one attached hydrogen (secondary N) is 1. The Morgan fingerprint density at radius 1 is 1.07 bits per heavy atom. The van der Waals surface area contributed by atoms with Crippen LogP contribution in [0.2, 0.25) is 0 Å². The number of ether oxygens (including phenoxy) is 2. The number of amides is 1. The average molecular weight is 387 g/mol. The molecule has 1 aromatic heterocycles. The van der Waals surface area contributed by atoms with Crippen LogP contribution in [-0.4, -0.2) is 30.9 Å². The number of esters is 1. The Morgan fingerprint density at radius 3 is 2.70 bits per heavy atom. The van der Waals surface area contributed by atoms with Crippen LogP contribution in [0.4, 0.5) is 0 Å². The van der Waals surface area contributed by atoms with Crippen LogP contribution < -0.4 is 10.1 Å². The number of rotatable bonds is 8. The van der Waals surface area contributed by atoms with Crippen molar-refractivity contribution in [1.29, 1.82) is 0 Å². The van der Waals surface area contributed by atoms with Crippen molar-refractivity contribution < 1.29 is 23.9 Å². The summed E-state index contributed by atoms with van der Waals surface area (Å²) in [5, 5.41) is 2.67. The molecule has 27 heavy (non-hydrogen) atoms. The Morgan fingerprint density at radius 2 is 1.89 bits per heavy atom. The number of fused-ring (bicyclic) bond motifs is 1. The first-order chi connectivity index (χ1) is 13.0. The summed E-state index contributed by atoms with van der Waals surface area (Å²) in [6.45, 7) is 1.25. The Labute approximate surface area is 161 Å². The van der Waals surface area contributed by atoms with Gasteiger partial charge in [0.1, 0.15) is 5.75 Å². The predicted molar refractivity (Wildman–Crippen MR) is 101 cm³/mol. The minimum atomic E-state index is -0.584. The van der Waals surface area contributed by atoms with Crippen molar-refractivity contribution in [3.8, 4) is 5.75 Å². The van der Waals surface area contributed by atoms with E-state index in [2.05, 4.69) is 5.32 Å². The van der Waals surface area contributed by atoms with Crippen molar-refractivity contribution in [3.05, 3.63) is 51.2 Å². The third-order valence-corrected chi connectivity index (χ3v) is 5.37. The molecule has 0 fully saturated rings. The molecule has 1 aliphatic rings. The zero-order valence-corrected chi connectivity index (χ0v) is 15.9. The Kier molecular flexibility index (Phi) is 6.24. The molecule has 0 saturated heterocycles. The number of carbonyl (C=O) groups excluding carboxylic acids is 3. The number of hydrogen-bond acceptors (Lipinski definition) is 6. The summed E-state index contributed by atoms with van der Waals surface area (Å²) in [5.41, 5.74) is 2.60. The van der Waals surface area contributed by atoms with Crippen LogP contribution >= 0.6 is 11.3 Å². The van der Waals surface area contributed by atoms with E-state index >= 15 is 0 Å². The third kappa shape index (κ3) is 5.40. The van der Waals surface area contributed by atoms with E-state index in [4.69, 9.17) is 9.47 Å². The van der Waals surface area contributed by atoms with Gasteiger partial charge in [0.05, 0.1) is 11.4 Å². The van der Waals surface area contributed by atoms with Crippen LogP contribution in [-0.2, 0) is 33.7 Å². The monoisotopic (exact) mass is 387 g/mol. The second kappa shape index (κ2) is 8.81. The number of hydrogen-bond donors (Lipinski definition) is 1. The Hall–Kier alpha value is -2.67. The lowest BCUT2D eigenvalue weighted by atomic mass is 10.1. The van der Waals surface area contributed by atoms with Crippen molar-refractivity contribution >= 4 is 29.0 Å². The second-order valence-electron chi connectivity index (χ2n) is 6.33. The Bertz CT molecular complexity index is 858. The first-order valence-electron chi connectivity index (χ1n) is 8.78. The van der Waals surface area contributed by atoms with Gasteiger partial charge in [-0.05, 0) is 54.7 Å².